The van der Waals surface area contributed by atoms with Crippen molar-refractivity contribution in [3.05, 3.63) is 25.3 Å². The Labute approximate surface area is 145 Å². The van der Waals surface area contributed by atoms with Crippen molar-refractivity contribution >= 4 is 11.9 Å². The Hall–Kier alpha value is -1.66. The lowest BCUT2D eigenvalue weighted by atomic mass is 9.97. The van der Waals surface area contributed by atoms with Gasteiger partial charge in [0.15, 0.2) is 0 Å². The summed E-state index contributed by atoms with van der Waals surface area (Å²) >= 11 is 0. The normalized spacial score (nSPS) is 19.2. The molecule has 6 nitrogen and oxygen atoms in total. The van der Waals surface area contributed by atoms with Gasteiger partial charge in [0, 0.05) is 25.1 Å². The van der Waals surface area contributed by atoms with Gasteiger partial charge in [-0.15, -0.1) is 0 Å². The molecule has 0 amide bonds. The average Bonchev–Trinajstić information content (AvgIpc) is 3.05. The molecule has 1 rings (SSSR count). The number of hydrogen-bond acceptors (Lipinski definition) is 6. The standard InChI is InChI=1S/C11H19NO3.C7H12O2/c1-4-10(13)14-7-5-11(9(2)3)12-6-8-15-11;1-3-5-6-9-7(8)4-2/h4,9,12H,1,5-8H2,2-3H3;4H,2-3,5-6H2,1H3. The molecule has 1 unspecified atom stereocenters. The van der Waals surface area contributed by atoms with Crippen LogP contribution in [-0.4, -0.2) is 44.0 Å². The molecule has 0 aromatic carbocycles. The first-order valence-electron chi connectivity index (χ1n) is 8.39. The van der Waals surface area contributed by atoms with Crippen LogP contribution >= 0.6 is 0 Å². The smallest absolute Gasteiger partial charge is 0.330 e. The fraction of sp³-hybridized carbons (Fsp3) is 0.667. The van der Waals surface area contributed by atoms with Crippen molar-refractivity contribution in [1.82, 2.24) is 5.32 Å². The van der Waals surface area contributed by atoms with Crippen LogP contribution in [0, 0.1) is 5.92 Å². The second kappa shape index (κ2) is 12.7. The van der Waals surface area contributed by atoms with Crippen molar-refractivity contribution < 1.29 is 23.8 Å². The predicted octanol–water partition coefficient (Wildman–Crippen LogP) is 2.59. The van der Waals surface area contributed by atoms with Gasteiger partial charge in [-0.2, -0.15) is 0 Å². The minimum absolute atomic E-state index is 0.330. The highest BCUT2D eigenvalue weighted by atomic mass is 16.5. The number of nitrogens with one attached hydrogen (secondary N) is 1. The molecule has 1 atom stereocenters. The topological polar surface area (TPSA) is 73.9 Å². The van der Waals surface area contributed by atoms with Gasteiger partial charge in [-0.1, -0.05) is 40.3 Å². The van der Waals surface area contributed by atoms with Crippen molar-refractivity contribution in [2.45, 2.75) is 45.8 Å². The predicted molar refractivity (Wildman–Crippen MR) is 93.4 cm³/mol. The summed E-state index contributed by atoms with van der Waals surface area (Å²) in [6.07, 6.45) is 4.99. The molecule has 0 aromatic heterocycles. The maximum absolute atomic E-state index is 10.9. The number of carbonyl (C=O) groups is 2. The summed E-state index contributed by atoms with van der Waals surface area (Å²) in [5.41, 5.74) is -0.332. The van der Waals surface area contributed by atoms with Crippen LogP contribution in [0.2, 0.25) is 0 Å². The van der Waals surface area contributed by atoms with Crippen LogP contribution in [0.4, 0.5) is 0 Å². The van der Waals surface area contributed by atoms with E-state index < -0.39 is 0 Å². The molecule has 1 saturated heterocycles. The van der Waals surface area contributed by atoms with Crippen LogP contribution in [0.15, 0.2) is 25.3 Å². The van der Waals surface area contributed by atoms with E-state index in [1.54, 1.807) is 0 Å². The summed E-state index contributed by atoms with van der Waals surface area (Å²) in [4.78, 5) is 21.2. The first-order chi connectivity index (χ1) is 11.4. The van der Waals surface area contributed by atoms with Gasteiger partial charge in [-0.25, -0.2) is 9.59 Å². The summed E-state index contributed by atoms with van der Waals surface area (Å²) in [6, 6.07) is 0. The SMILES string of the molecule is C=CC(=O)OCCC1(C(C)C)NCCO1.C=CC(=O)OCCCC. The Kier molecular flexibility index (Phi) is 11.8. The molecule has 1 fully saturated rings. The third-order valence-corrected chi connectivity index (χ3v) is 3.61. The van der Waals surface area contributed by atoms with Crippen LogP contribution in [0.5, 0.6) is 0 Å². The maximum atomic E-state index is 10.9. The lowest BCUT2D eigenvalue weighted by Gasteiger charge is -2.32. The van der Waals surface area contributed by atoms with Crippen LogP contribution in [-0.2, 0) is 23.8 Å². The molecule has 138 valence electrons. The molecule has 0 aromatic rings. The molecule has 6 heteroatoms. The molecule has 0 radical (unpaired) electrons. The van der Waals surface area contributed by atoms with Gasteiger partial charge in [-0.3, -0.25) is 5.32 Å². The maximum Gasteiger partial charge on any atom is 0.330 e. The van der Waals surface area contributed by atoms with E-state index in [0.717, 1.165) is 19.4 Å². The van der Waals surface area contributed by atoms with Gasteiger partial charge in [0.05, 0.1) is 19.8 Å². The van der Waals surface area contributed by atoms with E-state index in [0.29, 0.717) is 32.2 Å². The van der Waals surface area contributed by atoms with Gasteiger partial charge < -0.3 is 14.2 Å². The van der Waals surface area contributed by atoms with E-state index in [-0.39, 0.29) is 17.7 Å². The molecular formula is C18H31NO5. The minimum atomic E-state index is -0.382. The zero-order valence-corrected chi connectivity index (χ0v) is 15.1. The van der Waals surface area contributed by atoms with E-state index in [1.165, 1.54) is 12.2 Å². The molecule has 0 saturated carbocycles. The number of esters is 2. The second-order valence-corrected chi connectivity index (χ2v) is 5.67. The van der Waals surface area contributed by atoms with Gasteiger partial charge in [-0.05, 0) is 12.3 Å². The number of rotatable bonds is 9. The fourth-order valence-electron chi connectivity index (χ4n) is 2.11. The summed E-state index contributed by atoms with van der Waals surface area (Å²) in [5.74, 6) is -0.363. The Morgan fingerprint density at radius 1 is 1.21 bits per heavy atom. The lowest BCUT2D eigenvalue weighted by molar-refractivity contribution is -0.141. The van der Waals surface area contributed by atoms with E-state index in [1.807, 2.05) is 6.92 Å². The highest BCUT2D eigenvalue weighted by Crippen LogP contribution is 2.26. The Bertz CT molecular complexity index is 400. The van der Waals surface area contributed by atoms with E-state index in [9.17, 15) is 9.59 Å². The lowest BCUT2D eigenvalue weighted by Crippen LogP contribution is -2.47. The Morgan fingerprint density at radius 3 is 2.21 bits per heavy atom. The zero-order valence-electron chi connectivity index (χ0n) is 15.1. The molecule has 0 aliphatic carbocycles. The average molecular weight is 341 g/mol. The van der Waals surface area contributed by atoms with Crippen LogP contribution in [0.25, 0.3) is 0 Å². The van der Waals surface area contributed by atoms with Crippen molar-refractivity contribution in [2.75, 3.05) is 26.4 Å². The molecule has 0 spiro atoms. The second-order valence-electron chi connectivity index (χ2n) is 5.67. The van der Waals surface area contributed by atoms with E-state index >= 15 is 0 Å². The first-order valence-corrected chi connectivity index (χ1v) is 8.39. The van der Waals surface area contributed by atoms with Gasteiger partial charge in [0.1, 0.15) is 5.72 Å². The molecule has 1 aliphatic rings. The summed E-state index contributed by atoms with van der Waals surface area (Å²) in [7, 11) is 0. The third-order valence-electron chi connectivity index (χ3n) is 3.61. The molecule has 1 N–H and O–H groups in total. The molecule has 24 heavy (non-hydrogen) atoms. The van der Waals surface area contributed by atoms with Crippen molar-refractivity contribution in [3.63, 3.8) is 0 Å². The number of unbranched alkanes of at least 4 members (excludes halogenated alkanes) is 1. The van der Waals surface area contributed by atoms with Gasteiger partial charge in [0.25, 0.3) is 0 Å². The number of carbonyl (C=O) groups excluding carboxylic acids is 2. The van der Waals surface area contributed by atoms with Gasteiger partial charge >= 0.3 is 11.9 Å². The first kappa shape index (κ1) is 22.3. The molecule has 0 bridgehead atoms. The molecular weight excluding hydrogens is 310 g/mol. The Balaban J connectivity index is 0.000000506. The van der Waals surface area contributed by atoms with Crippen LogP contribution < -0.4 is 5.32 Å². The molecule has 1 heterocycles. The minimum Gasteiger partial charge on any atom is -0.463 e. The van der Waals surface area contributed by atoms with E-state index in [4.69, 9.17) is 9.47 Å². The van der Waals surface area contributed by atoms with Crippen molar-refractivity contribution in [1.29, 1.82) is 0 Å². The van der Waals surface area contributed by atoms with Crippen LogP contribution in [0.1, 0.15) is 40.0 Å². The molecule has 1 aliphatic heterocycles. The van der Waals surface area contributed by atoms with Crippen molar-refractivity contribution in [2.24, 2.45) is 5.92 Å². The highest BCUT2D eigenvalue weighted by Gasteiger charge is 2.37. The van der Waals surface area contributed by atoms with Gasteiger partial charge in [0.2, 0.25) is 0 Å². The van der Waals surface area contributed by atoms with Crippen LogP contribution in [0.3, 0.4) is 0 Å². The highest BCUT2D eigenvalue weighted by molar-refractivity contribution is 5.81. The third kappa shape index (κ3) is 8.84. The Morgan fingerprint density at radius 2 is 1.79 bits per heavy atom. The van der Waals surface area contributed by atoms with Crippen molar-refractivity contribution in [3.8, 4) is 0 Å². The zero-order chi connectivity index (χ0) is 18.4. The monoisotopic (exact) mass is 341 g/mol. The van der Waals surface area contributed by atoms with E-state index in [2.05, 4.69) is 37.1 Å². The number of hydrogen-bond donors (Lipinski definition) is 1. The quantitative estimate of drug-likeness (QED) is 0.395. The summed E-state index contributed by atoms with van der Waals surface area (Å²) in [5, 5.41) is 3.32. The summed E-state index contributed by atoms with van der Waals surface area (Å²) < 4.78 is 15.3. The summed E-state index contributed by atoms with van der Waals surface area (Å²) in [6.45, 7) is 15.3. The fourth-order valence-corrected chi connectivity index (χ4v) is 2.11. The number of ether oxygens (including phenoxy) is 3. The largest absolute Gasteiger partial charge is 0.463 e.